The predicted molar refractivity (Wildman–Crippen MR) is 134 cm³/mol. The molecule has 0 spiro atoms. The number of anilines is 2. The molecule has 0 aliphatic rings. The molecular weight excluding hydrogens is 432 g/mol. The van der Waals surface area contributed by atoms with E-state index in [9.17, 15) is 9.59 Å². The summed E-state index contributed by atoms with van der Waals surface area (Å²) in [6.45, 7) is 3.16. The van der Waals surface area contributed by atoms with Crippen LogP contribution in [0.15, 0.2) is 95.2 Å². The maximum absolute atomic E-state index is 12.2. The number of amides is 2. The van der Waals surface area contributed by atoms with Crippen molar-refractivity contribution >= 4 is 56.5 Å². The second kappa shape index (κ2) is 10.3. The second-order valence-corrected chi connectivity index (χ2v) is 7.41. The van der Waals surface area contributed by atoms with Crippen molar-refractivity contribution in [2.75, 3.05) is 10.6 Å². The van der Waals surface area contributed by atoms with Gasteiger partial charge in [-0.1, -0.05) is 83.1 Å². The SMILES string of the molecule is CC(=NOC(=O)Nc1cccc2ccccc12)C(C)=NOC(=O)Nc1cccc2ccccc12. The summed E-state index contributed by atoms with van der Waals surface area (Å²) in [7, 11) is 0. The van der Waals surface area contributed by atoms with Crippen molar-refractivity contribution < 1.29 is 19.3 Å². The first-order valence-corrected chi connectivity index (χ1v) is 10.5. The van der Waals surface area contributed by atoms with Crippen molar-refractivity contribution in [1.29, 1.82) is 0 Å². The standard InChI is InChI=1S/C26H22N4O4/c1-17(29-33-25(31)27-23-15-7-11-19-9-3-5-13-21(19)23)18(2)30-34-26(32)28-24-16-8-12-20-10-4-6-14-22(20)24/h3-16H,1-2H3,(H,27,31)(H,28,32). The number of hydrogen-bond donors (Lipinski definition) is 2. The molecule has 0 aliphatic heterocycles. The lowest BCUT2D eigenvalue weighted by atomic mass is 10.1. The Hall–Kier alpha value is -4.72. The summed E-state index contributed by atoms with van der Waals surface area (Å²) in [5.74, 6) is 0. The summed E-state index contributed by atoms with van der Waals surface area (Å²) in [5.41, 5.74) is 1.75. The molecule has 0 saturated carbocycles. The van der Waals surface area contributed by atoms with E-state index in [4.69, 9.17) is 9.68 Å². The topological polar surface area (TPSA) is 101 Å². The fourth-order valence-corrected chi connectivity index (χ4v) is 3.29. The Morgan fingerprint density at radius 3 is 1.41 bits per heavy atom. The van der Waals surface area contributed by atoms with E-state index >= 15 is 0 Å². The van der Waals surface area contributed by atoms with Crippen LogP contribution in [0.4, 0.5) is 21.0 Å². The third-order valence-corrected chi connectivity index (χ3v) is 5.11. The van der Waals surface area contributed by atoms with Gasteiger partial charge >= 0.3 is 12.2 Å². The maximum atomic E-state index is 12.2. The highest BCUT2D eigenvalue weighted by molar-refractivity contribution is 6.40. The molecule has 0 radical (unpaired) electrons. The molecular formula is C26H22N4O4. The van der Waals surface area contributed by atoms with E-state index in [-0.39, 0.29) is 11.4 Å². The molecule has 4 aromatic carbocycles. The Bertz CT molecular complexity index is 1310. The minimum atomic E-state index is -0.752. The van der Waals surface area contributed by atoms with Gasteiger partial charge < -0.3 is 0 Å². The van der Waals surface area contributed by atoms with Crippen molar-refractivity contribution in [3.8, 4) is 0 Å². The summed E-state index contributed by atoms with van der Waals surface area (Å²) >= 11 is 0. The normalized spacial score (nSPS) is 11.8. The monoisotopic (exact) mass is 454 g/mol. The lowest BCUT2D eigenvalue weighted by molar-refractivity contribution is 0.164. The van der Waals surface area contributed by atoms with Gasteiger partial charge in [-0.25, -0.2) is 9.59 Å². The molecule has 0 bridgehead atoms. The molecule has 0 aliphatic carbocycles. The number of fused-ring (bicyclic) bond motifs is 2. The Morgan fingerprint density at radius 2 is 0.971 bits per heavy atom. The van der Waals surface area contributed by atoms with Gasteiger partial charge in [0.2, 0.25) is 0 Å². The van der Waals surface area contributed by atoms with Gasteiger partial charge in [0, 0.05) is 10.8 Å². The maximum Gasteiger partial charge on any atom is 0.437 e. The number of hydrogen-bond acceptors (Lipinski definition) is 6. The van der Waals surface area contributed by atoms with Crippen LogP contribution in [0, 0.1) is 0 Å². The Kier molecular flexibility index (Phi) is 6.78. The zero-order valence-electron chi connectivity index (χ0n) is 18.6. The molecule has 0 heterocycles. The number of benzene rings is 4. The average Bonchev–Trinajstić information content (AvgIpc) is 2.86. The van der Waals surface area contributed by atoms with E-state index < -0.39 is 12.2 Å². The number of nitrogens with one attached hydrogen (secondary N) is 2. The van der Waals surface area contributed by atoms with Crippen molar-refractivity contribution in [3.05, 3.63) is 84.9 Å². The molecule has 4 aromatic rings. The van der Waals surface area contributed by atoms with Gasteiger partial charge in [-0.3, -0.25) is 20.3 Å². The summed E-state index contributed by atoms with van der Waals surface area (Å²) in [4.78, 5) is 34.2. The average molecular weight is 454 g/mol. The first-order chi connectivity index (χ1) is 16.5. The summed E-state index contributed by atoms with van der Waals surface area (Å²) < 4.78 is 0. The van der Waals surface area contributed by atoms with Crippen LogP contribution < -0.4 is 10.6 Å². The van der Waals surface area contributed by atoms with Gasteiger partial charge in [0.05, 0.1) is 11.4 Å². The van der Waals surface area contributed by atoms with E-state index in [0.29, 0.717) is 11.4 Å². The third kappa shape index (κ3) is 5.36. The molecule has 0 saturated heterocycles. The van der Waals surface area contributed by atoms with Gasteiger partial charge in [0.25, 0.3) is 0 Å². The molecule has 170 valence electrons. The smallest absolute Gasteiger partial charge is 0.297 e. The molecule has 8 heteroatoms. The number of oxime groups is 2. The first kappa shape index (κ1) is 22.5. The Balaban J connectivity index is 1.34. The van der Waals surface area contributed by atoms with Crippen LogP contribution in [0.3, 0.4) is 0 Å². The van der Waals surface area contributed by atoms with Crippen molar-refractivity contribution in [2.24, 2.45) is 10.3 Å². The van der Waals surface area contributed by atoms with Crippen LogP contribution in [0.25, 0.3) is 21.5 Å². The molecule has 2 amide bonds. The Labute approximate surface area is 195 Å². The highest BCUT2D eigenvalue weighted by Gasteiger charge is 2.09. The van der Waals surface area contributed by atoms with Gasteiger partial charge in [-0.05, 0) is 36.8 Å². The highest BCUT2D eigenvalue weighted by Crippen LogP contribution is 2.24. The van der Waals surface area contributed by atoms with Crippen molar-refractivity contribution in [1.82, 2.24) is 0 Å². The molecule has 0 atom stereocenters. The van der Waals surface area contributed by atoms with Crippen LogP contribution in [0.5, 0.6) is 0 Å². The zero-order valence-corrected chi connectivity index (χ0v) is 18.6. The molecule has 8 nitrogen and oxygen atoms in total. The van der Waals surface area contributed by atoms with Gasteiger partial charge in [-0.15, -0.1) is 0 Å². The molecule has 0 unspecified atom stereocenters. The lowest BCUT2D eigenvalue weighted by Crippen LogP contribution is -2.16. The third-order valence-electron chi connectivity index (χ3n) is 5.11. The van der Waals surface area contributed by atoms with Gasteiger partial charge in [0.15, 0.2) is 0 Å². The summed E-state index contributed by atoms with van der Waals surface area (Å²) in [6.07, 6.45) is -1.50. The van der Waals surface area contributed by atoms with Crippen molar-refractivity contribution in [2.45, 2.75) is 13.8 Å². The van der Waals surface area contributed by atoms with Crippen LogP contribution in [0.1, 0.15) is 13.8 Å². The lowest BCUT2D eigenvalue weighted by Gasteiger charge is -2.08. The number of carbonyl (C=O) groups excluding carboxylic acids is 2. The number of nitrogens with zero attached hydrogens (tertiary/aromatic N) is 2. The largest absolute Gasteiger partial charge is 0.437 e. The second-order valence-electron chi connectivity index (χ2n) is 7.41. The van der Waals surface area contributed by atoms with E-state index in [1.165, 1.54) is 0 Å². The van der Waals surface area contributed by atoms with Gasteiger partial charge in [-0.2, -0.15) is 0 Å². The fraction of sp³-hybridized carbons (Fsp3) is 0.0769. The van der Waals surface area contributed by atoms with Gasteiger partial charge in [0.1, 0.15) is 11.4 Å². The van der Waals surface area contributed by atoms with Crippen LogP contribution in [-0.2, 0) is 9.68 Å². The molecule has 2 N–H and O–H groups in total. The van der Waals surface area contributed by atoms with E-state index in [1.54, 1.807) is 26.0 Å². The zero-order chi connectivity index (χ0) is 23.9. The number of rotatable bonds is 5. The quantitative estimate of drug-likeness (QED) is 0.203. The summed E-state index contributed by atoms with van der Waals surface area (Å²) in [5, 5.41) is 16.6. The van der Waals surface area contributed by atoms with E-state index in [1.807, 2.05) is 72.8 Å². The van der Waals surface area contributed by atoms with Crippen LogP contribution >= 0.6 is 0 Å². The first-order valence-electron chi connectivity index (χ1n) is 10.5. The van der Waals surface area contributed by atoms with E-state index in [2.05, 4.69) is 20.9 Å². The summed E-state index contributed by atoms with van der Waals surface area (Å²) in [6, 6.07) is 26.4. The fourth-order valence-electron chi connectivity index (χ4n) is 3.29. The minimum absolute atomic E-state index is 0.269. The molecule has 0 aromatic heterocycles. The van der Waals surface area contributed by atoms with E-state index in [0.717, 1.165) is 21.5 Å². The van der Waals surface area contributed by atoms with Crippen LogP contribution in [0.2, 0.25) is 0 Å². The predicted octanol–water partition coefficient (Wildman–Crippen LogP) is 6.54. The highest BCUT2D eigenvalue weighted by atomic mass is 16.7. The Morgan fingerprint density at radius 1 is 0.588 bits per heavy atom. The molecule has 0 fully saturated rings. The van der Waals surface area contributed by atoms with Crippen LogP contribution in [-0.4, -0.2) is 23.6 Å². The molecule has 4 rings (SSSR count). The molecule has 34 heavy (non-hydrogen) atoms. The number of carbonyl (C=O) groups is 2. The van der Waals surface area contributed by atoms with Crippen molar-refractivity contribution in [3.63, 3.8) is 0 Å². The minimum Gasteiger partial charge on any atom is -0.297 e.